The van der Waals surface area contributed by atoms with E-state index in [-0.39, 0.29) is 11.8 Å². The normalized spacial score (nSPS) is 15.7. The molecule has 28 heavy (non-hydrogen) atoms. The summed E-state index contributed by atoms with van der Waals surface area (Å²) >= 11 is 0. The zero-order valence-electron chi connectivity index (χ0n) is 16.7. The quantitative estimate of drug-likeness (QED) is 0.716. The van der Waals surface area contributed by atoms with E-state index in [1.807, 2.05) is 4.90 Å². The predicted molar refractivity (Wildman–Crippen MR) is 113 cm³/mol. The zero-order valence-corrected chi connectivity index (χ0v) is 16.7. The van der Waals surface area contributed by atoms with E-state index in [1.165, 1.54) is 33.2 Å². The van der Waals surface area contributed by atoms with Crippen LogP contribution in [0.2, 0.25) is 0 Å². The second kappa shape index (κ2) is 8.19. The number of hydrogen-bond acceptors (Lipinski definition) is 2. The number of rotatable bonds is 5. The first kappa shape index (κ1) is 18.8. The van der Waals surface area contributed by atoms with Gasteiger partial charge in [-0.25, -0.2) is 0 Å². The van der Waals surface area contributed by atoms with Crippen molar-refractivity contribution in [3.05, 3.63) is 70.9 Å². The van der Waals surface area contributed by atoms with Crippen LogP contribution in [0.15, 0.2) is 48.7 Å². The van der Waals surface area contributed by atoms with Crippen molar-refractivity contribution in [2.45, 2.75) is 32.6 Å². The van der Waals surface area contributed by atoms with E-state index >= 15 is 0 Å². The van der Waals surface area contributed by atoms with Gasteiger partial charge in [0.2, 0.25) is 5.91 Å². The summed E-state index contributed by atoms with van der Waals surface area (Å²) in [5, 5.41) is 1.22. The minimum Gasteiger partial charge on any atom is -0.378 e. The topological polar surface area (TPSA) is 45.3 Å². The molecule has 1 saturated heterocycles. The van der Waals surface area contributed by atoms with Gasteiger partial charge in [0.1, 0.15) is 0 Å². The molecule has 0 aliphatic carbocycles. The molecule has 4 nitrogen and oxygen atoms in total. The zero-order chi connectivity index (χ0) is 19.5. The number of benzene rings is 2. The number of H-pyrrole nitrogens is 1. The lowest BCUT2D eigenvalue weighted by Gasteiger charge is -2.28. The Kier molecular flexibility index (Phi) is 5.49. The maximum atomic E-state index is 13.1. The van der Waals surface area contributed by atoms with Gasteiger partial charge in [-0.15, -0.1) is 0 Å². The van der Waals surface area contributed by atoms with Gasteiger partial charge < -0.3 is 14.6 Å². The molecule has 4 heteroatoms. The van der Waals surface area contributed by atoms with Gasteiger partial charge in [-0.1, -0.05) is 55.0 Å². The van der Waals surface area contributed by atoms with Crippen LogP contribution in [0.1, 0.15) is 41.5 Å². The van der Waals surface area contributed by atoms with Crippen molar-refractivity contribution in [1.29, 1.82) is 0 Å². The molecule has 2 aromatic carbocycles. The molecular formula is C24H28N2O2. The van der Waals surface area contributed by atoms with Crippen LogP contribution in [0, 0.1) is 6.92 Å². The Morgan fingerprint density at radius 3 is 2.61 bits per heavy atom. The lowest BCUT2D eigenvalue weighted by Crippen LogP contribution is -2.41. The van der Waals surface area contributed by atoms with Gasteiger partial charge in [0.25, 0.3) is 0 Å². The summed E-state index contributed by atoms with van der Waals surface area (Å²) in [6.07, 6.45) is 3.56. The molecule has 0 spiro atoms. The highest BCUT2D eigenvalue weighted by Gasteiger charge is 2.25. The highest BCUT2D eigenvalue weighted by Crippen LogP contribution is 2.35. The number of para-hydroxylation sites is 1. The van der Waals surface area contributed by atoms with E-state index in [9.17, 15) is 4.79 Å². The van der Waals surface area contributed by atoms with Gasteiger partial charge >= 0.3 is 0 Å². The molecule has 1 amide bonds. The van der Waals surface area contributed by atoms with Gasteiger partial charge in [-0.2, -0.15) is 0 Å². The molecule has 4 rings (SSSR count). The van der Waals surface area contributed by atoms with E-state index in [0.29, 0.717) is 32.7 Å². The van der Waals surface area contributed by atoms with Crippen molar-refractivity contribution in [1.82, 2.24) is 9.88 Å². The fourth-order valence-corrected chi connectivity index (χ4v) is 4.14. The number of morpholine rings is 1. The molecule has 1 N–H and O–H groups in total. The number of aromatic nitrogens is 1. The van der Waals surface area contributed by atoms with Crippen molar-refractivity contribution in [3.8, 4) is 0 Å². The molecule has 0 saturated carbocycles. The minimum absolute atomic E-state index is 0.0387. The van der Waals surface area contributed by atoms with E-state index in [4.69, 9.17) is 4.74 Å². The third-order valence-electron chi connectivity index (χ3n) is 5.81. The largest absolute Gasteiger partial charge is 0.378 e. The molecule has 1 aromatic heterocycles. The Morgan fingerprint density at radius 2 is 1.89 bits per heavy atom. The molecule has 1 unspecified atom stereocenters. The fourth-order valence-electron chi connectivity index (χ4n) is 4.14. The predicted octanol–water partition coefficient (Wildman–Crippen LogP) is 4.42. The number of carbonyl (C=O) groups excluding carboxylic acids is 1. The maximum Gasteiger partial charge on any atom is 0.223 e. The summed E-state index contributed by atoms with van der Waals surface area (Å²) in [7, 11) is 0. The second-order valence-corrected chi connectivity index (χ2v) is 7.60. The summed E-state index contributed by atoms with van der Waals surface area (Å²) < 4.78 is 5.41. The molecule has 1 atom stereocenters. The van der Waals surface area contributed by atoms with Crippen molar-refractivity contribution in [3.63, 3.8) is 0 Å². The van der Waals surface area contributed by atoms with Crippen LogP contribution in [0.4, 0.5) is 0 Å². The number of ether oxygens (including phenoxy) is 1. The van der Waals surface area contributed by atoms with Gasteiger partial charge in [-0.3, -0.25) is 4.79 Å². The summed E-state index contributed by atoms with van der Waals surface area (Å²) in [6, 6.07) is 15.0. The van der Waals surface area contributed by atoms with Crippen LogP contribution in [0.3, 0.4) is 0 Å². The van der Waals surface area contributed by atoms with Crippen LogP contribution in [-0.4, -0.2) is 42.1 Å². The van der Waals surface area contributed by atoms with E-state index in [2.05, 4.69) is 67.5 Å². The van der Waals surface area contributed by atoms with Crippen molar-refractivity contribution in [2.24, 2.45) is 0 Å². The monoisotopic (exact) mass is 376 g/mol. The average molecular weight is 376 g/mol. The molecular weight excluding hydrogens is 348 g/mol. The van der Waals surface area contributed by atoms with Crippen LogP contribution in [0.5, 0.6) is 0 Å². The van der Waals surface area contributed by atoms with Crippen molar-refractivity contribution in [2.75, 3.05) is 26.3 Å². The summed E-state index contributed by atoms with van der Waals surface area (Å²) in [5.74, 6) is 0.242. The van der Waals surface area contributed by atoms with Crippen molar-refractivity contribution >= 4 is 16.8 Å². The Morgan fingerprint density at radius 1 is 1.14 bits per heavy atom. The maximum absolute atomic E-state index is 13.1. The molecule has 1 fully saturated rings. The van der Waals surface area contributed by atoms with E-state index in [0.717, 1.165) is 6.42 Å². The second-order valence-electron chi connectivity index (χ2n) is 7.60. The summed E-state index contributed by atoms with van der Waals surface area (Å²) in [5.41, 5.74) is 6.13. The molecule has 1 aliphatic rings. The van der Waals surface area contributed by atoms with Gasteiger partial charge in [0.05, 0.1) is 13.2 Å². The number of hydrogen-bond donors (Lipinski definition) is 1. The van der Waals surface area contributed by atoms with Crippen LogP contribution >= 0.6 is 0 Å². The first-order chi connectivity index (χ1) is 13.7. The molecule has 1 aliphatic heterocycles. The van der Waals surface area contributed by atoms with Crippen LogP contribution in [0.25, 0.3) is 10.9 Å². The van der Waals surface area contributed by atoms with E-state index in [1.54, 1.807) is 0 Å². The first-order valence-electron chi connectivity index (χ1n) is 10.2. The SMILES string of the molecule is CCc1cccc2c(C(CC(=O)N3CCOCC3)c3ccc(C)cc3)c[nH]c12. The fraction of sp³-hybridized carbons (Fsp3) is 0.375. The highest BCUT2D eigenvalue weighted by atomic mass is 16.5. The molecule has 0 bridgehead atoms. The summed E-state index contributed by atoms with van der Waals surface area (Å²) in [4.78, 5) is 18.5. The number of carbonyl (C=O) groups is 1. The third-order valence-corrected chi connectivity index (χ3v) is 5.81. The van der Waals surface area contributed by atoms with Crippen molar-refractivity contribution < 1.29 is 9.53 Å². The Bertz CT molecular complexity index is 952. The number of aromatic amines is 1. The number of amides is 1. The van der Waals surface area contributed by atoms with E-state index < -0.39 is 0 Å². The van der Waals surface area contributed by atoms with Gasteiger partial charge in [-0.05, 0) is 30.0 Å². The lowest BCUT2D eigenvalue weighted by molar-refractivity contribution is -0.135. The van der Waals surface area contributed by atoms with Gasteiger partial charge in [0, 0.05) is 42.5 Å². The number of nitrogens with one attached hydrogen (secondary N) is 1. The number of nitrogens with zero attached hydrogens (tertiary/aromatic N) is 1. The smallest absolute Gasteiger partial charge is 0.223 e. The molecule has 2 heterocycles. The Labute approximate surface area is 166 Å². The molecule has 0 radical (unpaired) electrons. The number of aryl methyl sites for hydroxylation is 2. The first-order valence-corrected chi connectivity index (χ1v) is 10.2. The third kappa shape index (κ3) is 3.69. The lowest BCUT2D eigenvalue weighted by atomic mass is 9.87. The van der Waals surface area contributed by atoms with Gasteiger partial charge in [0.15, 0.2) is 0 Å². The average Bonchev–Trinajstić information content (AvgIpc) is 3.17. The molecule has 146 valence electrons. The standard InChI is InChI=1S/C24H28N2O2/c1-3-18-5-4-6-20-22(16-25-24(18)20)21(19-9-7-17(2)8-10-19)15-23(27)26-11-13-28-14-12-26/h4-10,16,21,25H,3,11-15H2,1-2H3. The minimum atomic E-state index is 0.0387. The molecule has 3 aromatic rings. The highest BCUT2D eigenvalue weighted by molar-refractivity contribution is 5.88. The summed E-state index contributed by atoms with van der Waals surface area (Å²) in [6.45, 7) is 6.91. The Balaban J connectivity index is 1.73. The van der Waals surface area contributed by atoms with Crippen LogP contribution < -0.4 is 0 Å². The Hall–Kier alpha value is -2.59. The van der Waals surface area contributed by atoms with Crippen LogP contribution in [-0.2, 0) is 16.0 Å². The number of fused-ring (bicyclic) bond motifs is 1.